The molecule has 1 aromatic heterocycles. The summed E-state index contributed by atoms with van der Waals surface area (Å²) in [5, 5.41) is 0. The summed E-state index contributed by atoms with van der Waals surface area (Å²) in [6, 6.07) is 3.80. The molecule has 0 spiro atoms. The van der Waals surface area contributed by atoms with Gasteiger partial charge in [0.2, 0.25) is 0 Å². The van der Waals surface area contributed by atoms with Crippen LogP contribution in [0.25, 0.3) is 0 Å². The van der Waals surface area contributed by atoms with E-state index < -0.39 is 0 Å². The molecule has 0 saturated carbocycles. The molecule has 4 nitrogen and oxygen atoms in total. The van der Waals surface area contributed by atoms with Gasteiger partial charge in [-0.2, -0.15) is 0 Å². The third kappa shape index (κ3) is 3.18. The molecule has 88 valence electrons. The second-order valence-corrected chi connectivity index (χ2v) is 4.51. The van der Waals surface area contributed by atoms with Crippen LogP contribution in [0.15, 0.2) is 18.3 Å². The number of nitrogens with zero attached hydrogens (tertiary/aromatic N) is 3. The smallest absolute Gasteiger partial charge is 0.0564 e. The maximum Gasteiger partial charge on any atom is 0.0564 e. The summed E-state index contributed by atoms with van der Waals surface area (Å²) < 4.78 is 0. The Morgan fingerprint density at radius 3 is 3.00 bits per heavy atom. The van der Waals surface area contributed by atoms with Crippen molar-refractivity contribution in [2.45, 2.75) is 13.0 Å². The first-order chi connectivity index (χ1) is 7.74. The molecule has 0 aromatic carbocycles. The largest absolute Gasteiger partial charge is 0.399 e. The Bertz CT molecular complexity index is 340. The van der Waals surface area contributed by atoms with Crippen LogP contribution in [0, 0.1) is 0 Å². The number of anilines is 1. The van der Waals surface area contributed by atoms with Crippen molar-refractivity contribution in [2.24, 2.45) is 0 Å². The lowest BCUT2D eigenvalue weighted by atomic mass is 10.3. The summed E-state index contributed by atoms with van der Waals surface area (Å²) in [5.74, 6) is 0. The van der Waals surface area contributed by atoms with Gasteiger partial charge in [0.25, 0.3) is 0 Å². The minimum Gasteiger partial charge on any atom is -0.399 e. The number of pyridine rings is 1. The summed E-state index contributed by atoms with van der Waals surface area (Å²) in [6.45, 7) is 5.52. The predicted molar refractivity (Wildman–Crippen MR) is 66.0 cm³/mol. The van der Waals surface area contributed by atoms with Crippen LogP contribution in [0.1, 0.15) is 12.1 Å². The minimum atomic E-state index is 0.803. The van der Waals surface area contributed by atoms with Gasteiger partial charge in [-0.25, -0.2) is 0 Å². The number of rotatable bonds is 2. The van der Waals surface area contributed by atoms with Gasteiger partial charge in [0.15, 0.2) is 0 Å². The van der Waals surface area contributed by atoms with Crippen LogP contribution in [0.4, 0.5) is 5.69 Å². The van der Waals surface area contributed by atoms with E-state index in [2.05, 4.69) is 21.8 Å². The van der Waals surface area contributed by atoms with Crippen molar-refractivity contribution in [3.05, 3.63) is 24.0 Å². The first kappa shape index (κ1) is 11.4. The standard InChI is InChI=1S/C12H20N4/c1-15-5-2-6-16(8-7-15)10-12-9-11(13)3-4-14-12/h3-4,9H,2,5-8,10H2,1H3,(H2,13,14). The van der Waals surface area contributed by atoms with Gasteiger partial charge in [-0.3, -0.25) is 9.88 Å². The van der Waals surface area contributed by atoms with Gasteiger partial charge in [-0.15, -0.1) is 0 Å². The maximum atomic E-state index is 5.75. The van der Waals surface area contributed by atoms with Gasteiger partial charge in [0.1, 0.15) is 0 Å². The summed E-state index contributed by atoms with van der Waals surface area (Å²) >= 11 is 0. The zero-order chi connectivity index (χ0) is 11.4. The summed E-state index contributed by atoms with van der Waals surface area (Å²) in [4.78, 5) is 9.18. The molecule has 2 rings (SSSR count). The Kier molecular flexibility index (Phi) is 3.74. The molecule has 0 aliphatic carbocycles. The highest BCUT2D eigenvalue weighted by Crippen LogP contribution is 2.08. The van der Waals surface area contributed by atoms with E-state index in [1.165, 1.54) is 13.0 Å². The van der Waals surface area contributed by atoms with E-state index in [4.69, 9.17) is 5.73 Å². The molecular formula is C12H20N4. The van der Waals surface area contributed by atoms with E-state index in [0.717, 1.165) is 37.6 Å². The number of hydrogen-bond donors (Lipinski definition) is 1. The van der Waals surface area contributed by atoms with Crippen LogP contribution in [0.2, 0.25) is 0 Å². The Morgan fingerprint density at radius 1 is 1.31 bits per heavy atom. The monoisotopic (exact) mass is 220 g/mol. The van der Waals surface area contributed by atoms with Crippen LogP contribution >= 0.6 is 0 Å². The van der Waals surface area contributed by atoms with Crippen molar-refractivity contribution < 1.29 is 0 Å². The fraction of sp³-hybridized carbons (Fsp3) is 0.583. The highest BCUT2D eigenvalue weighted by molar-refractivity contribution is 5.37. The number of nitrogens with two attached hydrogens (primary N) is 1. The lowest BCUT2D eigenvalue weighted by Gasteiger charge is -2.19. The Labute approximate surface area is 97.1 Å². The fourth-order valence-electron chi connectivity index (χ4n) is 2.07. The zero-order valence-electron chi connectivity index (χ0n) is 9.89. The molecule has 1 fully saturated rings. The molecule has 2 N–H and O–H groups in total. The van der Waals surface area contributed by atoms with Crippen molar-refractivity contribution in [2.75, 3.05) is 39.0 Å². The van der Waals surface area contributed by atoms with Crippen LogP contribution in [-0.4, -0.2) is 48.0 Å². The molecule has 1 aliphatic rings. The fourth-order valence-corrected chi connectivity index (χ4v) is 2.07. The Morgan fingerprint density at radius 2 is 2.19 bits per heavy atom. The Balaban J connectivity index is 1.93. The predicted octanol–water partition coefficient (Wildman–Crippen LogP) is 0.801. The van der Waals surface area contributed by atoms with Crippen molar-refractivity contribution in [1.29, 1.82) is 0 Å². The molecular weight excluding hydrogens is 200 g/mol. The molecule has 0 radical (unpaired) electrons. The molecule has 1 saturated heterocycles. The van der Waals surface area contributed by atoms with Crippen molar-refractivity contribution in [3.63, 3.8) is 0 Å². The Hall–Kier alpha value is -1.13. The normalized spacial score (nSPS) is 19.6. The van der Waals surface area contributed by atoms with Crippen molar-refractivity contribution in [3.8, 4) is 0 Å². The van der Waals surface area contributed by atoms with Gasteiger partial charge < -0.3 is 10.6 Å². The molecule has 0 atom stereocenters. The molecule has 0 unspecified atom stereocenters. The van der Waals surface area contributed by atoms with Crippen LogP contribution in [0.3, 0.4) is 0 Å². The zero-order valence-corrected chi connectivity index (χ0v) is 9.89. The second-order valence-electron chi connectivity index (χ2n) is 4.51. The summed E-state index contributed by atoms with van der Waals surface area (Å²) in [5.41, 5.74) is 7.63. The number of nitrogen functional groups attached to an aromatic ring is 1. The highest BCUT2D eigenvalue weighted by Gasteiger charge is 2.12. The molecule has 4 heteroatoms. The third-order valence-electron chi connectivity index (χ3n) is 3.04. The van der Waals surface area contributed by atoms with Crippen molar-refractivity contribution >= 4 is 5.69 Å². The van der Waals surface area contributed by atoms with E-state index in [0.29, 0.717) is 0 Å². The molecule has 16 heavy (non-hydrogen) atoms. The molecule has 2 heterocycles. The topological polar surface area (TPSA) is 45.4 Å². The number of hydrogen-bond acceptors (Lipinski definition) is 4. The molecule has 0 amide bonds. The van der Waals surface area contributed by atoms with E-state index in [1.54, 1.807) is 6.20 Å². The first-order valence-electron chi connectivity index (χ1n) is 5.85. The summed E-state index contributed by atoms with van der Waals surface area (Å²) in [7, 11) is 2.18. The van der Waals surface area contributed by atoms with Gasteiger partial charge >= 0.3 is 0 Å². The van der Waals surface area contributed by atoms with Gasteiger partial charge in [0.05, 0.1) is 5.69 Å². The first-order valence-corrected chi connectivity index (χ1v) is 5.85. The average molecular weight is 220 g/mol. The van der Waals surface area contributed by atoms with Gasteiger partial charge in [-0.1, -0.05) is 0 Å². The van der Waals surface area contributed by atoms with E-state index in [-0.39, 0.29) is 0 Å². The summed E-state index contributed by atoms with van der Waals surface area (Å²) in [6.07, 6.45) is 3.02. The lowest BCUT2D eigenvalue weighted by molar-refractivity contribution is 0.266. The lowest BCUT2D eigenvalue weighted by Crippen LogP contribution is -2.28. The van der Waals surface area contributed by atoms with Crippen LogP contribution < -0.4 is 5.73 Å². The van der Waals surface area contributed by atoms with E-state index >= 15 is 0 Å². The van der Waals surface area contributed by atoms with Crippen LogP contribution in [-0.2, 0) is 6.54 Å². The quantitative estimate of drug-likeness (QED) is 0.801. The third-order valence-corrected chi connectivity index (χ3v) is 3.04. The van der Waals surface area contributed by atoms with E-state index in [1.807, 2.05) is 12.1 Å². The average Bonchev–Trinajstić information content (AvgIpc) is 2.44. The van der Waals surface area contributed by atoms with Crippen LogP contribution in [0.5, 0.6) is 0 Å². The maximum absolute atomic E-state index is 5.75. The van der Waals surface area contributed by atoms with Gasteiger partial charge in [-0.05, 0) is 38.7 Å². The number of aromatic nitrogens is 1. The van der Waals surface area contributed by atoms with Crippen molar-refractivity contribution in [1.82, 2.24) is 14.8 Å². The molecule has 1 aliphatic heterocycles. The second kappa shape index (κ2) is 5.27. The van der Waals surface area contributed by atoms with Gasteiger partial charge in [0, 0.05) is 31.5 Å². The minimum absolute atomic E-state index is 0.803. The SMILES string of the molecule is CN1CCCN(Cc2cc(N)ccn2)CC1. The molecule has 1 aromatic rings. The number of likely N-dealkylation sites (N-methyl/N-ethyl adjacent to an activating group) is 1. The van der Waals surface area contributed by atoms with E-state index in [9.17, 15) is 0 Å². The highest BCUT2D eigenvalue weighted by atomic mass is 15.2. The molecule has 0 bridgehead atoms.